The quantitative estimate of drug-likeness (QED) is 0.881. The maximum Gasteiger partial charge on any atom is 0.244 e. The molecule has 1 aromatic carbocycles. The summed E-state index contributed by atoms with van der Waals surface area (Å²) in [5, 5.41) is 5.82. The van der Waals surface area contributed by atoms with E-state index in [1.807, 2.05) is 6.92 Å². The van der Waals surface area contributed by atoms with E-state index in [0.717, 1.165) is 19.3 Å². The lowest BCUT2D eigenvalue weighted by atomic mass is 9.96. The van der Waals surface area contributed by atoms with Gasteiger partial charge in [0.25, 0.3) is 0 Å². The number of hydrogen-bond donors (Lipinski definition) is 2. The van der Waals surface area contributed by atoms with Gasteiger partial charge in [0, 0.05) is 18.3 Å². The van der Waals surface area contributed by atoms with E-state index in [1.165, 1.54) is 6.07 Å². The van der Waals surface area contributed by atoms with Crippen molar-refractivity contribution >= 4 is 24.0 Å². The number of carbonyl (C=O) groups is 1. The Morgan fingerprint density at radius 1 is 1.43 bits per heavy atom. The second-order valence-electron chi connectivity index (χ2n) is 5.81. The minimum absolute atomic E-state index is 0. The lowest BCUT2D eigenvalue weighted by molar-refractivity contribution is -0.123. The van der Waals surface area contributed by atoms with E-state index in [1.54, 1.807) is 12.1 Å². The van der Waals surface area contributed by atoms with E-state index in [-0.39, 0.29) is 36.3 Å². The van der Waals surface area contributed by atoms with Gasteiger partial charge >= 0.3 is 0 Å². The number of anilines is 1. The molecule has 1 aromatic rings. The van der Waals surface area contributed by atoms with Crippen molar-refractivity contribution in [3.05, 3.63) is 24.0 Å². The van der Waals surface area contributed by atoms with E-state index in [4.69, 9.17) is 9.47 Å². The van der Waals surface area contributed by atoms with Crippen molar-refractivity contribution in [2.45, 2.75) is 44.4 Å². The van der Waals surface area contributed by atoms with Gasteiger partial charge in [-0.2, -0.15) is 0 Å². The molecule has 0 aromatic heterocycles. The zero-order valence-electron chi connectivity index (χ0n) is 13.0. The maximum atomic E-state index is 14.0. The van der Waals surface area contributed by atoms with Gasteiger partial charge in [0.05, 0.1) is 18.8 Å². The van der Waals surface area contributed by atoms with Crippen molar-refractivity contribution in [1.82, 2.24) is 5.32 Å². The molecule has 1 saturated carbocycles. The number of halogens is 2. The summed E-state index contributed by atoms with van der Waals surface area (Å²) in [5.41, 5.74) is 0.419. The summed E-state index contributed by atoms with van der Waals surface area (Å²) in [7, 11) is 0. The minimum atomic E-state index is -0.453. The average molecular weight is 345 g/mol. The second-order valence-corrected chi connectivity index (χ2v) is 5.81. The van der Waals surface area contributed by atoms with Gasteiger partial charge in [0.1, 0.15) is 6.04 Å². The van der Waals surface area contributed by atoms with Crippen LogP contribution in [0.25, 0.3) is 0 Å². The fourth-order valence-electron chi connectivity index (χ4n) is 2.59. The standard InChI is InChI=1S/C16H21FN2O3.ClH/c1-10-15(18-7-8-21-10)16(20)19-11-5-6-14(13(17)9-11)22-12-3-2-4-12;/h5-6,9-10,12,15,18H,2-4,7-8H2,1H3,(H,19,20);1H/t10-,15+;/m1./s1. The van der Waals surface area contributed by atoms with Gasteiger partial charge in [0.15, 0.2) is 11.6 Å². The third-order valence-electron chi connectivity index (χ3n) is 4.14. The first kappa shape index (κ1) is 18.0. The number of nitrogens with one attached hydrogen (secondary N) is 2. The number of carbonyl (C=O) groups excluding carboxylic acids is 1. The Balaban J connectivity index is 0.00000192. The molecule has 2 atom stereocenters. The number of hydrogen-bond acceptors (Lipinski definition) is 4. The van der Waals surface area contributed by atoms with E-state index in [9.17, 15) is 9.18 Å². The van der Waals surface area contributed by atoms with Gasteiger partial charge in [-0.25, -0.2) is 4.39 Å². The van der Waals surface area contributed by atoms with Crippen LogP contribution >= 0.6 is 12.4 Å². The van der Waals surface area contributed by atoms with Crippen molar-refractivity contribution in [2.75, 3.05) is 18.5 Å². The maximum absolute atomic E-state index is 14.0. The first-order chi connectivity index (χ1) is 10.6. The van der Waals surface area contributed by atoms with Crippen LogP contribution in [0, 0.1) is 5.82 Å². The number of benzene rings is 1. The van der Waals surface area contributed by atoms with Crippen LogP contribution in [0.3, 0.4) is 0 Å². The van der Waals surface area contributed by atoms with Gasteiger partial charge in [-0.15, -0.1) is 12.4 Å². The first-order valence-corrected chi connectivity index (χ1v) is 7.75. The Labute approximate surface area is 141 Å². The highest BCUT2D eigenvalue weighted by atomic mass is 35.5. The Morgan fingerprint density at radius 2 is 2.22 bits per heavy atom. The predicted octanol–water partition coefficient (Wildman–Crippen LogP) is 2.49. The second kappa shape index (κ2) is 7.95. The van der Waals surface area contributed by atoms with Gasteiger partial charge in [-0.3, -0.25) is 4.79 Å². The molecule has 2 N–H and O–H groups in total. The van der Waals surface area contributed by atoms with E-state index >= 15 is 0 Å². The number of rotatable bonds is 4. The van der Waals surface area contributed by atoms with Crippen LogP contribution < -0.4 is 15.4 Å². The van der Waals surface area contributed by atoms with Gasteiger partial charge in [0.2, 0.25) is 5.91 Å². The molecule has 1 aliphatic heterocycles. The number of morpholine rings is 1. The highest BCUT2D eigenvalue weighted by molar-refractivity contribution is 5.95. The fraction of sp³-hybridized carbons (Fsp3) is 0.562. The third kappa shape index (κ3) is 4.34. The molecule has 23 heavy (non-hydrogen) atoms. The monoisotopic (exact) mass is 344 g/mol. The summed E-state index contributed by atoms with van der Waals surface area (Å²) in [6.07, 6.45) is 3.00. The van der Waals surface area contributed by atoms with Crippen LogP contribution in [0.5, 0.6) is 5.75 Å². The number of amides is 1. The molecule has 1 aliphatic carbocycles. The molecule has 1 heterocycles. The summed E-state index contributed by atoms with van der Waals surface area (Å²) < 4.78 is 25.0. The zero-order chi connectivity index (χ0) is 15.5. The summed E-state index contributed by atoms with van der Waals surface area (Å²) in [6, 6.07) is 4.09. The SMILES string of the molecule is C[C@H]1OCCN[C@@H]1C(=O)Nc1ccc(OC2CCC2)c(F)c1.Cl. The predicted molar refractivity (Wildman–Crippen MR) is 87.7 cm³/mol. The molecule has 2 fully saturated rings. The Bertz CT molecular complexity index is 554. The van der Waals surface area contributed by atoms with Crippen LogP contribution in [0.4, 0.5) is 10.1 Å². The van der Waals surface area contributed by atoms with Crippen LogP contribution in [0.1, 0.15) is 26.2 Å². The first-order valence-electron chi connectivity index (χ1n) is 7.75. The van der Waals surface area contributed by atoms with Gasteiger partial charge < -0.3 is 20.1 Å². The Morgan fingerprint density at radius 3 is 2.83 bits per heavy atom. The molecule has 1 saturated heterocycles. The highest BCUT2D eigenvalue weighted by Gasteiger charge is 2.28. The van der Waals surface area contributed by atoms with Crippen molar-refractivity contribution in [3.8, 4) is 5.75 Å². The van der Waals surface area contributed by atoms with Crippen LogP contribution in [-0.2, 0) is 9.53 Å². The summed E-state index contributed by atoms with van der Waals surface area (Å²) in [6.45, 7) is 3.06. The van der Waals surface area contributed by atoms with E-state index < -0.39 is 11.9 Å². The Hall–Kier alpha value is -1.37. The molecule has 0 spiro atoms. The molecular formula is C16H22ClFN2O3. The van der Waals surface area contributed by atoms with Crippen LogP contribution in [0.15, 0.2) is 18.2 Å². The normalized spacial score (nSPS) is 24.3. The topological polar surface area (TPSA) is 59.6 Å². The smallest absolute Gasteiger partial charge is 0.244 e. The largest absolute Gasteiger partial charge is 0.487 e. The molecule has 0 radical (unpaired) electrons. The van der Waals surface area contributed by atoms with Crippen molar-refractivity contribution < 1.29 is 18.7 Å². The summed E-state index contributed by atoms with van der Waals surface area (Å²) in [5.74, 6) is -0.431. The fourth-order valence-corrected chi connectivity index (χ4v) is 2.59. The molecule has 1 amide bonds. The average Bonchev–Trinajstić information content (AvgIpc) is 2.45. The van der Waals surface area contributed by atoms with Crippen molar-refractivity contribution in [2.24, 2.45) is 0 Å². The molecule has 5 nitrogen and oxygen atoms in total. The Kier molecular flexibility index (Phi) is 6.21. The third-order valence-corrected chi connectivity index (χ3v) is 4.14. The van der Waals surface area contributed by atoms with Crippen molar-refractivity contribution in [1.29, 1.82) is 0 Å². The molecule has 0 unspecified atom stereocenters. The van der Waals surface area contributed by atoms with E-state index in [0.29, 0.717) is 18.8 Å². The van der Waals surface area contributed by atoms with Gasteiger partial charge in [-0.1, -0.05) is 0 Å². The van der Waals surface area contributed by atoms with Crippen LogP contribution in [-0.4, -0.2) is 37.3 Å². The summed E-state index contributed by atoms with van der Waals surface area (Å²) in [4.78, 5) is 12.2. The number of ether oxygens (including phenoxy) is 2. The minimum Gasteiger partial charge on any atom is -0.487 e. The molecule has 2 aliphatic rings. The zero-order valence-corrected chi connectivity index (χ0v) is 13.8. The lowest BCUT2D eigenvalue weighted by Crippen LogP contribution is -2.53. The molecule has 0 bridgehead atoms. The lowest BCUT2D eigenvalue weighted by Gasteiger charge is -2.29. The van der Waals surface area contributed by atoms with Gasteiger partial charge in [-0.05, 0) is 38.3 Å². The molecular weight excluding hydrogens is 323 g/mol. The molecule has 128 valence electrons. The van der Waals surface area contributed by atoms with Crippen LogP contribution in [0.2, 0.25) is 0 Å². The molecule has 3 rings (SSSR count). The van der Waals surface area contributed by atoms with Crippen molar-refractivity contribution in [3.63, 3.8) is 0 Å². The summed E-state index contributed by atoms with van der Waals surface area (Å²) >= 11 is 0. The highest BCUT2D eigenvalue weighted by Crippen LogP contribution is 2.28. The molecule has 7 heteroatoms. The van der Waals surface area contributed by atoms with E-state index in [2.05, 4.69) is 10.6 Å².